The second-order valence-corrected chi connectivity index (χ2v) is 9.62. The number of primary amides is 1. The van der Waals surface area contributed by atoms with Crippen LogP contribution in [0.5, 0.6) is 0 Å². The first-order valence-electron chi connectivity index (χ1n) is 9.90. The van der Waals surface area contributed by atoms with Crippen LogP contribution >= 0.6 is 39.1 Å². The first-order valence-corrected chi connectivity index (χ1v) is 11.5. The summed E-state index contributed by atoms with van der Waals surface area (Å²) in [6, 6.07) is 7.80. The van der Waals surface area contributed by atoms with Gasteiger partial charge in [-0.25, -0.2) is 9.67 Å². The molecule has 3 rings (SSSR count). The van der Waals surface area contributed by atoms with Crippen molar-refractivity contribution in [3.05, 3.63) is 68.0 Å². The first-order chi connectivity index (χ1) is 15.8. The van der Waals surface area contributed by atoms with Gasteiger partial charge in [-0.1, -0.05) is 23.2 Å². The van der Waals surface area contributed by atoms with Crippen LogP contribution in [-0.2, 0) is 4.79 Å². The van der Waals surface area contributed by atoms with E-state index in [1.807, 2.05) is 0 Å². The van der Waals surface area contributed by atoms with Crippen LogP contribution in [0.25, 0.3) is 5.82 Å². The zero-order chi connectivity index (χ0) is 25.4. The Morgan fingerprint density at radius 1 is 1.21 bits per heavy atom. The number of amides is 3. The number of hydrogen-bond donors (Lipinski definition) is 2. The molecule has 0 aliphatic heterocycles. The number of rotatable bonds is 6. The van der Waals surface area contributed by atoms with Crippen molar-refractivity contribution in [3.63, 3.8) is 0 Å². The van der Waals surface area contributed by atoms with Crippen molar-refractivity contribution in [2.45, 2.75) is 26.3 Å². The smallest absolute Gasteiger partial charge is 0.274 e. The van der Waals surface area contributed by atoms with Crippen molar-refractivity contribution in [2.24, 2.45) is 5.73 Å². The third-order valence-corrected chi connectivity index (χ3v) is 6.27. The van der Waals surface area contributed by atoms with Gasteiger partial charge in [-0.3, -0.25) is 14.4 Å². The van der Waals surface area contributed by atoms with E-state index < -0.39 is 23.3 Å². The molecular formula is C22H21BrCl2N6O3. The predicted molar refractivity (Wildman–Crippen MR) is 134 cm³/mol. The number of aryl methyl sites for hydroxylation is 1. The SMILES string of the molecule is Cc1cc(Cl)cc(C(=O)N(C)C(C)(C)C(N)=O)c1NC(=O)c1cc(Br)nn1-c1ncccc1Cl. The lowest BCUT2D eigenvalue weighted by atomic mass is 9.99. The van der Waals surface area contributed by atoms with Gasteiger partial charge < -0.3 is 16.0 Å². The molecule has 2 heterocycles. The van der Waals surface area contributed by atoms with Gasteiger partial charge in [-0.15, -0.1) is 0 Å². The Morgan fingerprint density at radius 3 is 2.50 bits per heavy atom. The van der Waals surface area contributed by atoms with Gasteiger partial charge in [-0.2, -0.15) is 5.10 Å². The van der Waals surface area contributed by atoms with Crippen LogP contribution < -0.4 is 11.1 Å². The van der Waals surface area contributed by atoms with Crippen molar-refractivity contribution in [1.29, 1.82) is 0 Å². The van der Waals surface area contributed by atoms with Crippen molar-refractivity contribution >= 4 is 62.5 Å². The van der Waals surface area contributed by atoms with Gasteiger partial charge in [0, 0.05) is 24.3 Å². The third kappa shape index (κ3) is 4.94. The molecule has 0 unspecified atom stereocenters. The number of anilines is 1. The summed E-state index contributed by atoms with van der Waals surface area (Å²) >= 11 is 15.7. The Kier molecular flexibility index (Phi) is 7.35. The molecule has 3 aromatic rings. The van der Waals surface area contributed by atoms with E-state index in [1.165, 1.54) is 48.8 Å². The molecule has 0 aliphatic carbocycles. The minimum Gasteiger partial charge on any atom is -0.368 e. The maximum absolute atomic E-state index is 13.3. The average Bonchev–Trinajstić information content (AvgIpc) is 3.15. The lowest BCUT2D eigenvalue weighted by Gasteiger charge is -2.33. The van der Waals surface area contributed by atoms with Crippen molar-refractivity contribution < 1.29 is 14.4 Å². The number of halogens is 3. The average molecular weight is 568 g/mol. The van der Waals surface area contributed by atoms with Crippen molar-refractivity contribution in [3.8, 4) is 5.82 Å². The van der Waals surface area contributed by atoms with Crippen LogP contribution in [-0.4, -0.2) is 50.0 Å². The Hall–Kier alpha value is -2.95. The highest BCUT2D eigenvalue weighted by Gasteiger charge is 2.35. The number of likely N-dealkylation sites (N-methyl/N-ethyl adjacent to an activating group) is 1. The zero-order valence-electron chi connectivity index (χ0n) is 18.7. The normalized spacial score (nSPS) is 11.3. The van der Waals surface area contributed by atoms with Gasteiger partial charge in [0.1, 0.15) is 15.8 Å². The maximum Gasteiger partial charge on any atom is 0.274 e. The number of carbonyl (C=O) groups is 3. The van der Waals surface area contributed by atoms with E-state index in [9.17, 15) is 14.4 Å². The molecule has 0 fully saturated rings. The van der Waals surface area contributed by atoms with Crippen molar-refractivity contribution in [1.82, 2.24) is 19.7 Å². The predicted octanol–water partition coefficient (Wildman–Crippen LogP) is 4.23. The van der Waals surface area contributed by atoms with E-state index in [1.54, 1.807) is 25.1 Å². The molecule has 3 N–H and O–H groups in total. The maximum atomic E-state index is 13.3. The molecule has 0 saturated carbocycles. The lowest BCUT2D eigenvalue weighted by molar-refractivity contribution is -0.126. The van der Waals surface area contributed by atoms with Gasteiger partial charge >= 0.3 is 0 Å². The lowest BCUT2D eigenvalue weighted by Crippen LogP contribution is -2.54. The van der Waals surface area contributed by atoms with Gasteiger partial charge in [0.15, 0.2) is 5.82 Å². The number of nitrogens with one attached hydrogen (secondary N) is 1. The minimum atomic E-state index is -1.28. The number of hydrogen-bond acceptors (Lipinski definition) is 5. The molecule has 0 aliphatic rings. The van der Waals surface area contributed by atoms with E-state index in [0.717, 1.165) is 0 Å². The number of carbonyl (C=O) groups excluding carboxylic acids is 3. The zero-order valence-corrected chi connectivity index (χ0v) is 21.8. The third-order valence-electron chi connectivity index (χ3n) is 5.37. The fraction of sp³-hybridized carbons (Fsp3) is 0.227. The summed E-state index contributed by atoms with van der Waals surface area (Å²) in [6.07, 6.45) is 1.52. The number of nitrogens with zero attached hydrogens (tertiary/aromatic N) is 4. The summed E-state index contributed by atoms with van der Waals surface area (Å²) in [6.45, 7) is 4.74. The largest absolute Gasteiger partial charge is 0.368 e. The molecule has 0 saturated heterocycles. The summed E-state index contributed by atoms with van der Waals surface area (Å²) in [5, 5.41) is 7.61. The van der Waals surface area contributed by atoms with E-state index in [2.05, 4.69) is 31.3 Å². The highest BCUT2D eigenvalue weighted by Crippen LogP contribution is 2.30. The van der Waals surface area contributed by atoms with Crippen molar-refractivity contribution in [2.75, 3.05) is 12.4 Å². The molecule has 0 radical (unpaired) electrons. The first kappa shape index (κ1) is 25.7. The Balaban J connectivity index is 2.05. The summed E-state index contributed by atoms with van der Waals surface area (Å²) in [7, 11) is 1.45. The van der Waals surface area contributed by atoms with Crippen LogP contribution in [0.3, 0.4) is 0 Å². The molecule has 0 spiro atoms. The molecule has 3 amide bonds. The second kappa shape index (κ2) is 9.73. The second-order valence-electron chi connectivity index (χ2n) is 7.96. The Bertz CT molecular complexity index is 1310. The van der Waals surface area contributed by atoms with E-state index in [-0.39, 0.29) is 27.8 Å². The van der Waals surface area contributed by atoms with Gasteiger partial charge in [0.2, 0.25) is 5.91 Å². The molecule has 2 aromatic heterocycles. The van der Waals surface area contributed by atoms with Crippen LogP contribution in [0.1, 0.15) is 40.3 Å². The Morgan fingerprint density at radius 2 is 1.88 bits per heavy atom. The molecule has 0 bridgehead atoms. The highest BCUT2D eigenvalue weighted by molar-refractivity contribution is 9.10. The summed E-state index contributed by atoms with van der Waals surface area (Å²) in [5.74, 6) is -1.55. The standard InChI is InChI=1S/C22H21BrCl2N6O3/c1-11-8-12(24)9-13(20(33)30(4)22(2,3)21(26)34)17(11)28-19(32)15-10-16(23)29-31(15)18-14(25)6-5-7-27-18/h5-10H,1-4H3,(H2,26,34)(H,28,32). The van der Waals surface area contributed by atoms with Crippen LogP contribution in [0, 0.1) is 6.92 Å². The molecule has 1 aromatic carbocycles. The number of pyridine rings is 1. The Labute approximate surface area is 214 Å². The molecule has 12 heteroatoms. The number of nitrogens with two attached hydrogens (primary N) is 1. The number of aromatic nitrogens is 3. The topological polar surface area (TPSA) is 123 Å². The fourth-order valence-corrected chi connectivity index (χ4v) is 3.91. The van der Waals surface area contributed by atoms with Crippen LogP contribution in [0.4, 0.5) is 5.69 Å². The minimum absolute atomic E-state index is 0.0937. The van der Waals surface area contributed by atoms with E-state index in [4.69, 9.17) is 28.9 Å². The monoisotopic (exact) mass is 566 g/mol. The van der Waals surface area contributed by atoms with E-state index in [0.29, 0.717) is 15.2 Å². The molecular weight excluding hydrogens is 547 g/mol. The van der Waals surface area contributed by atoms with Crippen LogP contribution in [0.2, 0.25) is 10.0 Å². The van der Waals surface area contributed by atoms with Gasteiger partial charge in [-0.05, 0) is 66.5 Å². The summed E-state index contributed by atoms with van der Waals surface area (Å²) < 4.78 is 1.67. The summed E-state index contributed by atoms with van der Waals surface area (Å²) in [4.78, 5) is 43.9. The molecule has 178 valence electrons. The molecule has 34 heavy (non-hydrogen) atoms. The molecule has 9 nitrogen and oxygen atoms in total. The fourth-order valence-electron chi connectivity index (χ4n) is 3.06. The quantitative estimate of drug-likeness (QED) is 0.461. The number of benzene rings is 1. The molecule has 0 atom stereocenters. The van der Waals surface area contributed by atoms with E-state index >= 15 is 0 Å². The van der Waals surface area contributed by atoms with Gasteiger partial charge in [0.25, 0.3) is 11.8 Å². The summed E-state index contributed by atoms with van der Waals surface area (Å²) in [5.41, 5.74) is 5.16. The van der Waals surface area contributed by atoms with Crippen LogP contribution in [0.15, 0.2) is 41.1 Å². The van der Waals surface area contributed by atoms with Gasteiger partial charge in [0.05, 0.1) is 16.3 Å². The highest BCUT2D eigenvalue weighted by atomic mass is 79.9.